The van der Waals surface area contributed by atoms with Crippen LogP contribution in [0.25, 0.3) is 10.8 Å². The molecule has 0 bridgehead atoms. The Morgan fingerprint density at radius 2 is 1.88 bits per heavy atom. The number of carbonyl (C=O) groups is 1. The van der Waals surface area contributed by atoms with Gasteiger partial charge in [0.2, 0.25) is 0 Å². The van der Waals surface area contributed by atoms with Crippen LogP contribution in [0.3, 0.4) is 0 Å². The van der Waals surface area contributed by atoms with Crippen molar-refractivity contribution >= 4 is 16.6 Å². The molecule has 0 saturated carbocycles. The van der Waals surface area contributed by atoms with Gasteiger partial charge in [-0.2, -0.15) is 0 Å². The highest BCUT2D eigenvalue weighted by atomic mass is 19.1. The van der Waals surface area contributed by atoms with Gasteiger partial charge >= 0.3 is 0 Å². The first-order valence-electron chi connectivity index (χ1n) is 5.29. The van der Waals surface area contributed by atoms with Crippen molar-refractivity contribution in [3.8, 4) is 0 Å². The molecule has 1 nitrogen and oxygen atoms in total. The van der Waals surface area contributed by atoms with Gasteiger partial charge in [-0.3, -0.25) is 4.79 Å². The molecule has 0 fully saturated rings. The summed E-state index contributed by atoms with van der Waals surface area (Å²) in [6, 6.07) is 13.2. The minimum absolute atomic E-state index is 0.0433. The van der Waals surface area contributed by atoms with E-state index in [0.717, 1.165) is 10.8 Å². The SMILES string of the molecule is CC(=O)CC(F)c1ccc2ccccc2c1. The van der Waals surface area contributed by atoms with Crippen LogP contribution < -0.4 is 0 Å². The normalized spacial score (nSPS) is 12.6. The Kier molecular flexibility index (Phi) is 3.00. The number of benzene rings is 2. The lowest BCUT2D eigenvalue weighted by molar-refractivity contribution is -0.118. The van der Waals surface area contributed by atoms with Gasteiger partial charge in [0.25, 0.3) is 0 Å². The summed E-state index contributed by atoms with van der Waals surface area (Å²) in [7, 11) is 0. The summed E-state index contributed by atoms with van der Waals surface area (Å²) in [6.07, 6.45) is -1.24. The number of fused-ring (bicyclic) bond motifs is 1. The van der Waals surface area contributed by atoms with E-state index in [4.69, 9.17) is 0 Å². The fraction of sp³-hybridized carbons (Fsp3) is 0.214. The van der Waals surface area contributed by atoms with Crippen molar-refractivity contribution < 1.29 is 9.18 Å². The third-order valence-electron chi connectivity index (χ3n) is 2.60. The van der Waals surface area contributed by atoms with Crippen molar-refractivity contribution in [1.29, 1.82) is 0 Å². The molecule has 2 rings (SSSR count). The predicted octanol–water partition coefficient (Wildman–Crippen LogP) is 3.83. The summed E-state index contributed by atoms with van der Waals surface area (Å²) >= 11 is 0. The van der Waals surface area contributed by atoms with E-state index in [1.165, 1.54) is 6.92 Å². The Balaban J connectivity index is 2.35. The third kappa shape index (κ3) is 2.27. The zero-order valence-electron chi connectivity index (χ0n) is 9.11. The molecule has 16 heavy (non-hydrogen) atoms. The minimum atomic E-state index is -1.19. The number of halogens is 1. The van der Waals surface area contributed by atoms with E-state index in [-0.39, 0.29) is 12.2 Å². The zero-order chi connectivity index (χ0) is 11.5. The molecule has 0 aliphatic carbocycles. The maximum atomic E-state index is 13.7. The lowest BCUT2D eigenvalue weighted by Crippen LogP contribution is -1.98. The average molecular weight is 216 g/mol. The molecular formula is C14H13FO. The van der Waals surface area contributed by atoms with Crippen LogP contribution in [0.5, 0.6) is 0 Å². The molecule has 0 aliphatic rings. The molecule has 0 aliphatic heterocycles. The van der Waals surface area contributed by atoms with Gasteiger partial charge in [0, 0.05) is 6.42 Å². The van der Waals surface area contributed by atoms with Crippen molar-refractivity contribution in [1.82, 2.24) is 0 Å². The Morgan fingerprint density at radius 3 is 2.56 bits per heavy atom. The first kappa shape index (κ1) is 10.8. The highest BCUT2D eigenvalue weighted by Gasteiger charge is 2.12. The van der Waals surface area contributed by atoms with Crippen LogP contribution in [0.4, 0.5) is 4.39 Å². The highest BCUT2D eigenvalue weighted by Crippen LogP contribution is 2.25. The van der Waals surface area contributed by atoms with Gasteiger partial charge in [0.05, 0.1) is 0 Å². The summed E-state index contributed by atoms with van der Waals surface area (Å²) in [5.74, 6) is -0.124. The molecule has 1 unspecified atom stereocenters. The second-order valence-corrected chi connectivity index (χ2v) is 3.98. The Labute approximate surface area is 93.9 Å². The number of carbonyl (C=O) groups excluding carboxylic acids is 1. The lowest BCUT2D eigenvalue weighted by atomic mass is 10.0. The van der Waals surface area contributed by atoms with Crippen molar-refractivity contribution in [3.05, 3.63) is 48.0 Å². The van der Waals surface area contributed by atoms with Gasteiger partial charge in [0.1, 0.15) is 12.0 Å². The molecular weight excluding hydrogens is 203 g/mol. The highest BCUT2D eigenvalue weighted by molar-refractivity contribution is 5.83. The third-order valence-corrected chi connectivity index (χ3v) is 2.60. The smallest absolute Gasteiger partial charge is 0.133 e. The van der Waals surface area contributed by atoms with Gasteiger partial charge in [-0.05, 0) is 29.3 Å². The van der Waals surface area contributed by atoms with E-state index in [1.54, 1.807) is 6.07 Å². The standard InChI is InChI=1S/C14H13FO/c1-10(16)8-14(15)13-7-6-11-4-2-3-5-12(11)9-13/h2-7,9,14H,8H2,1H3. The molecule has 0 heterocycles. The van der Waals surface area contributed by atoms with Gasteiger partial charge in [0.15, 0.2) is 0 Å². The molecule has 0 aromatic heterocycles. The number of hydrogen-bond acceptors (Lipinski definition) is 1. The summed E-state index contributed by atoms with van der Waals surface area (Å²) in [5, 5.41) is 2.09. The number of ketones is 1. The molecule has 0 spiro atoms. The fourth-order valence-electron chi connectivity index (χ4n) is 1.77. The van der Waals surface area contributed by atoms with Crippen LogP contribution in [-0.2, 0) is 4.79 Å². The Bertz CT molecular complexity index is 519. The van der Waals surface area contributed by atoms with Crippen LogP contribution in [0.2, 0.25) is 0 Å². The summed E-state index contributed by atoms with van der Waals surface area (Å²) in [5.41, 5.74) is 0.578. The zero-order valence-corrected chi connectivity index (χ0v) is 9.11. The van der Waals surface area contributed by atoms with Crippen LogP contribution in [0, 0.1) is 0 Å². The van der Waals surface area contributed by atoms with Crippen LogP contribution in [-0.4, -0.2) is 5.78 Å². The molecule has 1 atom stereocenters. The van der Waals surface area contributed by atoms with E-state index in [1.807, 2.05) is 36.4 Å². The molecule has 2 heteroatoms. The van der Waals surface area contributed by atoms with Crippen molar-refractivity contribution in [2.24, 2.45) is 0 Å². The van der Waals surface area contributed by atoms with E-state index in [2.05, 4.69) is 0 Å². The number of Topliss-reactive ketones (excluding diaryl/α,β-unsaturated/α-hetero) is 1. The number of hydrogen-bond donors (Lipinski definition) is 0. The van der Waals surface area contributed by atoms with Crippen molar-refractivity contribution in [2.45, 2.75) is 19.5 Å². The number of alkyl halides is 1. The van der Waals surface area contributed by atoms with E-state index in [0.29, 0.717) is 5.56 Å². The second-order valence-electron chi connectivity index (χ2n) is 3.98. The summed E-state index contributed by atoms with van der Waals surface area (Å²) in [6.45, 7) is 1.41. The van der Waals surface area contributed by atoms with E-state index >= 15 is 0 Å². The largest absolute Gasteiger partial charge is 0.300 e. The quantitative estimate of drug-likeness (QED) is 0.762. The molecule has 0 N–H and O–H groups in total. The maximum absolute atomic E-state index is 13.7. The van der Waals surface area contributed by atoms with Crippen LogP contribution in [0.15, 0.2) is 42.5 Å². The lowest BCUT2D eigenvalue weighted by Gasteiger charge is -2.07. The monoisotopic (exact) mass is 216 g/mol. The topological polar surface area (TPSA) is 17.1 Å². The minimum Gasteiger partial charge on any atom is -0.300 e. The Morgan fingerprint density at radius 1 is 1.19 bits per heavy atom. The van der Waals surface area contributed by atoms with Crippen molar-refractivity contribution in [3.63, 3.8) is 0 Å². The summed E-state index contributed by atoms with van der Waals surface area (Å²) in [4.78, 5) is 10.9. The predicted molar refractivity (Wildman–Crippen MR) is 63.1 cm³/mol. The number of rotatable bonds is 3. The van der Waals surface area contributed by atoms with E-state index in [9.17, 15) is 9.18 Å². The van der Waals surface area contributed by atoms with E-state index < -0.39 is 6.17 Å². The molecule has 2 aromatic carbocycles. The average Bonchev–Trinajstić information content (AvgIpc) is 2.27. The van der Waals surface area contributed by atoms with Gasteiger partial charge in [-0.25, -0.2) is 4.39 Å². The van der Waals surface area contributed by atoms with Crippen LogP contribution >= 0.6 is 0 Å². The molecule has 0 amide bonds. The first-order valence-corrected chi connectivity index (χ1v) is 5.29. The Hall–Kier alpha value is -1.70. The summed E-state index contributed by atoms with van der Waals surface area (Å²) < 4.78 is 13.7. The van der Waals surface area contributed by atoms with Gasteiger partial charge in [-0.15, -0.1) is 0 Å². The molecule has 82 valence electrons. The van der Waals surface area contributed by atoms with Crippen molar-refractivity contribution in [2.75, 3.05) is 0 Å². The maximum Gasteiger partial charge on any atom is 0.133 e. The van der Waals surface area contributed by atoms with Gasteiger partial charge in [-0.1, -0.05) is 36.4 Å². The van der Waals surface area contributed by atoms with Crippen LogP contribution in [0.1, 0.15) is 25.1 Å². The first-order chi connectivity index (χ1) is 7.66. The van der Waals surface area contributed by atoms with Gasteiger partial charge < -0.3 is 0 Å². The molecule has 2 aromatic rings. The fourth-order valence-corrected chi connectivity index (χ4v) is 1.77. The molecule has 0 saturated heterocycles. The second kappa shape index (κ2) is 4.44. The molecule has 0 radical (unpaired) electrons.